The zero-order chi connectivity index (χ0) is 15.1. The van der Waals surface area contributed by atoms with Crippen LogP contribution in [0.2, 0.25) is 0 Å². The molecule has 112 valence electrons. The molecule has 0 heterocycles. The summed E-state index contributed by atoms with van der Waals surface area (Å²) in [5, 5.41) is 0. The van der Waals surface area contributed by atoms with Gasteiger partial charge in [-0.1, -0.05) is 29.8 Å². The number of halogens is 1. The van der Waals surface area contributed by atoms with Crippen LogP contribution in [-0.2, 0) is 4.74 Å². The molecule has 0 spiro atoms. The maximum absolute atomic E-state index is 12.7. The molecule has 1 aromatic carbocycles. The molecular formula is C15H22BrNO3. The van der Waals surface area contributed by atoms with Gasteiger partial charge >= 0.3 is 0 Å². The maximum Gasteiger partial charge on any atom is 0.257 e. The molecule has 1 aromatic rings. The minimum absolute atomic E-state index is 0.0277. The molecule has 0 aliphatic heterocycles. The van der Waals surface area contributed by atoms with E-state index in [2.05, 4.69) is 29.8 Å². The van der Waals surface area contributed by atoms with Gasteiger partial charge in [-0.3, -0.25) is 4.79 Å². The summed E-state index contributed by atoms with van der Waals surface area (Å²) in [6, 6.07) is 5.43. The van der Waals surface area contributed by atoms with E-state index < -0.39 is 0 Å². The van der Waals surface area contributed by atoms with Gasteiger partial charge in [0, 0.05) is 24.7 Å². The van der Waals surface area contributed by atoms with Gasteiger partial charge in [0.15, 0.2) is 0 Å². The smallest absolute Gasteiger partial charge is 0.257 e. The lowest BCUT2D eigenvalue weighted by Gasteiger charge is -2.25. The van der Waals surface area contributed by atoms with Crippen LogP contribution < -0.4 is 4.74 Å². The van der Waals surface area contributed by atoms with E-state index in [9.17, 15) is 4.79 Å². The van der Waals surface area contributed by atoms with Crippen LogP contribution in [0.3, 0.4) is 0 Å². The Bertz CT molecular complexity index is 449. The van der Waals surface area contributed by atoms with Gasteiger partial charge in [0.2, 0.25) is 0 Å². The second kappa shape index (κ2) is 8.27. The summed E-state index contributed by atoms with van der Waals surface area (Å²) in [5.41, 5.74) is 0.576. The molecule has 0 bridgehead atoms. The first-order chi connectivity index (χ1) is 9.49. The molecule has 5 heteroatoms. The highest BCUT2D eigenvalue weighted by Crippen LogP contribution is 2.25. The van der Waals surface area contributed by atoms with Crippen molar-refractivity contribution in [2.24, 2.45) is 5.92 Å². The van der Waals surface area contributed by atoms with Crippen molar-refractivity contribution in [1.29, 1.82) is 0 Å². The molecule has 0 atom stereocenters. The third-order valence-electron chi connectivity index (χ3n) is 2.83. The number of nitrogens with zero attached hydrogens (tertiary/aromatic N) is 1. The van der Waals surface area contributed by atoms with E-state index in [-0.39, 0.29) is 5.91 Å². The van der Waals surface area contributed by atoms with E-state index in [1.165, 1.54) is 0 Å². The van der Waals surface area contributed by atoms with Crippen LogP contribution in [0.25, 0.3) is 0 Å². The largest absolute Gasteiger partial charge is 0.496 e. The Balaban J connectivity index is 2.98. The Hall–Kier alpha value is -1.07. The number of benzene rings is 1. The minimum atomic E-state index is -0.0277. The third-order valence-corrected chi connectivity index (χ3v) is 3.33. The Morgan fingerprint density at radius 2 is 2.05 bits per heavy atom. The first kappa shape index (κ1) is 17.0. The number of amides is 1. The molecule has 0 fully saturated rings. The molecule has 1 amide bonds. The van der Waals surface area contributed by atoms with Crippen molar-refractivity contribution in [1.82, 2.24) is 4.90 Å². The molecule has 4 nitrogen and oxygen atoms in total. The van der Waals surface area contributed by atoms with Crippen LogP contribution in [-0.4, -0.2) is 44.7 Å². The first-order valence-corrected chi connectivity index (χ1v) is 7.40. The quantitative estimate of drug-likeness (QED) is 0.763. The molecule has 0 aliphatic rings. The van der Waals surface area contributed by atoms with Crippen molar-refractivity contribution >= 4 is 21.8 Å². The molecule has 20 heavy (non-hydrogen) atoms. The van der Waals surface area contributed by atoms with E-state index >= 15 is 0 Å². The summed E-state index contributed by atoms with van der Waals surface area (Å²) in [5.74, 6) is 0.952. The SMILES string of the molecule is COCCN(CC(C)C)C(=O)c1ccc(Br)cc1OC. The molecule has 0 aliphatic carbocycles. The van der Waals surface area contributed by atoms with Crippen LogP contribution >= 0.6 is 15.9 Å². The van der Waals surface area contributed by atoms with Crippen LogP contribution in [0, 0.1) is 5.92 Å². The van der Waals surface area contributed by atoms with Crippen molar-refractivity contribution in [2.45, 2.75) is 13.8 Å². The number of methoxy groups -OCH3 is 2. The average molecular weight is 344 g/mol. The Morgan fingerprint density at radius 1 is 1.35 bits per heavy atom. The monoisotopic (exact) mass is 343 g/mol. The van der Waals surface area contributed by atoms with Crippen molar-refractivity contribution in [3.8, 4) is 5.75 Å². The van der Waals surface area contributed by atoms with Gasteiger partial charge < -0.3 is 14.4 Å². The van der Waals surface area contributed by atoms with E-state index in [0.717, 1.165) is 4.47 Å². The van der Waals surface area contributed by atoms with Crippen molar-refractivity contribution < 1.29 is 14.3 Å². The molecule has 0 N–H and O–H groups in total. The van der Waals surface area contributed by atoms with Gasteiger partial charge in [0.1, 0.15) is 5.75 Å². The molecular weight excluding hydrogens is 322 g/mol. The minimum Gasteiger partial charge on any atom is -0.496 e. The van der Waals surface area contributed by atoms with E-state index in [1.54, 1.807) is 31.3 Å². The normalized spacial score (nSPS) is 10.7. The summed E-state index contributed by atoms with van der Waals surface area (Å²) in [7, 11) is 3.21. The molecule has 0 unspecified atom stereocenters. The van der Waals surface area contributed by atoms with Gasteiger partial charge in [-0.05, 0) is 24.1 Å². The van der Waals surface area contributed by atoms with Crippen LogP contribution in [0.4, 0.5) is 0 Å². The number of hydrogen-bond donors (Lipinski definition) is 0. The van der Waals surface area contributed by atoms with Gasteiger partial charge in [-0.25, -0.2) is 0 Å². The van der Waals surface area contributed by atoms with Gasteiger partial charge in [0.25, 0.3) is 5.91 Å². The van der Waals surface area contributed by atoms with E-state index in [0.29, 0.717) is 36.9 Å². The lowest BCUT2D eigenvalue weighted by Crippen LogP contribution is -2.36. The lowest BCUT2D eigenvalue weighted by atomic mass is 10.1. The lowest BCUT2D eigenvalue weighted by molar-refractivity contribution is 0.0669. The summed E-state index contributed by atoms with van der Waals surface area (Å²) in [6.45, 7) is 5.98. The Kier molecular flexibility index (Phi) is 7.02. The average Bonchev–Trinajstić information content (AvgIpc) is 2.42. The van der Waals surface area contributed by atoms with Gasteiger partial charge in [0.05, 0.1) is 19.3 Å². The topological polar surface area (TPSA) is 38.8 Å². The highest BCUT2D eigenvalue weighted by molar-refractivity contribution is 9.10. The van der Waals surface area contributed by atoms with E-state index in [1.807, 2.05) is 6.07 Å². The molecule has 0 saturated carbocycles. The highest BCUT2D eigenvalue weighted by atomic mass is 79.9. The predicted octanol–water partition coefficient (Wildman–Crippen LogP) is 3.20. The Morgan fingerprint density at radius 3 is 2.60 bits per heavy atom. The van der Waals surface area contributed by atoms with Crippen molar-refractivity contribution in [2.75, 3.05) is 33.9 Å². The fraction of sp³-hybridized carbons (Fsp3) is 0.533. The van der Waals surface area contributed by atoms with Crippen molar-refractivity contribution in [3.63, 3.8) is 0 Å². The van der Waals surface area contributed by atoms with Crippen molar-refractivity contribution in [3.05, 3.63) is 28.2 Å². The maximum atomic E-state index is 12.7. The number of carbonyl (C=O) groups is 1. The fourth-order valence-electron chi connectivity index (χ4n) is 1.93. The summed E-state index contributed by atoms with van der Waals surface area (Å²) < 4.78 is 11.3. The van der Waals surface area contributed by atoms with Crippen LogP contribution in [0.1, 0.15) is 24.2 Å². The second-order valence-electron chi connectivity index (χ2n) is 4.98. The summed E-state index contributed by atoms with van der Waals surface area (Å²) in [6.07, 6.45) is 0. The van der Waals surface area contributed by atoms with E-state index in [4.69, 9.17) is 9.47 Å². The highest BCUT2D eigenvalue weighted by Gasteiger charge is 2.20. The fourth-order valence-corrected chi connectivity index (χ4v) is 2.27. The number of rotatable bonds is 7. The summed E-state index contributed by atoms with van der Waals surface area (Å²) in [4.78, 5) is 14.5. The standard InChI is InChI=1S/C15H22BrNO3/c1-11(2)10-17(7-8-19-3)15(18)13-6-5-12(16)9-14(13)20-4/h5-6,9,11H,7-8,10H2,1-4H3. The Labute approximate surface area is 129 Å². The van der Waals surface area contributed by atoms with Gasteiger partial charge in [-0.2, -0.15) is 0 Å². The first-order valence-electron chi connectivity index (χ1n) is 6.61. The number of ether oxygens (including phenoxy) is 2. The third kappa shape index (κ3) is 4.80. The zero-order valence-electron chi connectivity index (χ0n) is 12.5. The second-order valence-corrected chi connectivity index (χ2v) is 5.90. The predicted molar refractivity (Wildman–Crippen MR) is 83.3 cm³/mol. The molecule has 0 aromatic heterocycles. The van der Waals surface area contributed by atoms with Crippen LogP contribution in [0.5, 0.6) is 5.75 Å². The zero-order valence-corrected chi connectivity index (χ0v) is 14.1. The van der Waals surface area contributed by atoms with Crippen LogP contribution in [0.15, 0.2) is 22.7 Å². The number of carbonyl (C=O) groups excluding carboxylic acids is 1. The van der Waals surface area contributed by atoms with Gasteiger partial charge in [-0.15, -0.1) is 0 Å². The summed E-state index contributed by atoms with van der Waals surface area (Å²) >= 11 is 3.38. The molecule has 0 saturated heterocycles. The number of hydrogen-bond acceptors (Lipinski definition) is 3. The molecule has 1 rings (SSSR count). The molecule has 0 radical (unpaired) electrons.